The summed E-state index contributed by atoms with van der Waals surface area (Å²) < 4.78 is 0. The number of nitrogens with zero attached hydrogens (tertiary/aromatic N) is 1. The molecule has 1 rings (SSSR count). The Morgan fingerprint density at radius 1 is 1.47 bits per heavy atom. The van der Waals surface area contributed by atoms with Crippen LogP contribution in [0.4, 0.5) is 0 Å². The van der Waals surface area contributed by atoms with Crippen molar-refractivity contribution in [3.8, 4) is 0 Å². The van der Waals surface area contributed by atoms with E-state index < -0.39 is 11.9 Å². The molecule has 106 valence electrons. The monoisotopic (exact) mass is 283 g/mol. The molecule has 1 amide bonds. The van der Waals surface area contributed by atoms with Gasteiger partial charge in [-0.1, -0.05) is 20.3 Å². The van der Waals surface area contributed by atoms with E-state index in [9.17, 15) is 9.59 Å². The van der Waals surface area contributed by atoms with E-state index in [0.29, 0.717) is 4.88 Å². The Kier molecular flexibility index (Phi) is 5.54. The van der Waals surface area contributed by atoms with Gasteiger partial charge in [-0.3, -0.25) is 9.59 Å². The SMILES string of the molecule is CCCc1cc(C(=O)N(C)CC(C)C(=O)O)sc1C. The van der Waals surface area contributed by atoms with Crippen LogP contribution >= 0.6 is 11.3 Å². The largest absolute Gasteiger partial charge is 0.481 e. The van der Waals surface area contributed by atoms with Gasteiger partial charge in [0.1, 0.15) is 0 Å². The first-order chi connectivity index (χ1) is 8.86. The van der Waals surface area contributed by atoms with Crippen LogP contribution in [-0.2, 0) is 11.2 Å². The van der Waals surface area contributed by atoms with Crippen LogP contribution in [0, 0.1) is 12.8 Å². The number of hydrogen-bond acceptors (Lipinski definition) is 3. The molecule has 19 heavy (non-hydrogen) atoms. The Balaban J connectivity index is 2.76. The predicted octanol–water partition coefficient (Wildman–Crippen LogP) is 2.80. The van der Waals surface area contributed by atoms with Crippen LogP contribution in [0.25, 0.3) is 0 Å². The highest BCUT2D eigenvalue weighted by atomic mass is 32.1. The number of aryl methyl sites for hydroxylation is 2. The van der Waals surface area contributed by atoms with E-state index >= 15 is 0 Å². The van der Waals surface area contributed by atoms with E-state index in [0.717, 1.165) is 12.8 Å². The van der Waals surface area contributed by atoms with Gasteiger partial charge in [-0.2, -0.15) is 0 Å². The lowest BCUT2D eigenvalue weighted by Crippen LogP contribution is -2.33. The maximum Gasteiger partial charge on any atom is 0.308 e. The lowest BCUT2D eigenvalue weighted by Gasteiger charge is -2.18. The van der Waals surface area contributed by atoms with Crippen LogP contribution < -0.4 is 0 Å². The lowest BCUT2D eigenvalue weighted by atomic mass is 10.1. The Labute approximate surface area is 118 Å². The molecule has 0 bridgehead atoms. The highest BCUT2D eigenvalue weighted by Crippen LogP contribution is 2.24. The van der Waals surface area contributed by atoms with E-state index in [1.54, 1.807) is 14.0 Å². The van der Waals surface area contributed by atoms with Gasteiger partial charge in [-0.15, -0.1) is 11.3 Å². The summed E-state index contributed by atoms with van der Waals surface area (Å²) in [6.07, 6.45) is 2.03. The number of carbonyl (C=O) groups is 2. The molecule has 1 aromatic heterocycles. The quantitative estimate of drug-likeness (QED) is 0.873. The van der Waals surface area contributed by atoms with Crippen LogP contribution in [0.1, 0.15) is 40.4 Å². The average Bonchev–Trinajstić information content (AvgIpc) is 2.70. The van der Waals surface area contributed by atoms with Gasteiger partial charge in [0.25, 0.3) is 5.91 Å². The summed E-state index contributed by atoms with van der Waals surface area (Å²) in [6.45, 7) is 5.97. The minimum absolute atomic E-state index is 0.0939. The van der Waals surface area contributed by atoms with Gasteiger partial charge in [0.2, 0.25) is 0 Å². The maximum atomic E-state index is 12.2. The second-order valence-electron chi connectivity index (χ2n) is 4.87. The van der Waals surface area contributed by atoms with Gasteiger partial charge in [0.15, 0.2) is 0 Å². The van der Waals surface area contributed by atoms with Gasteiger partial charge < -0.3 is 10.0 Å². The number of carboxylic acids is 1. The van der Waals surface area contributed by atoms with Crippen molar-refractivity contribution in [1.29, 1.82) is 0 Å². The van der Waals surface area contributed by atoms with Crippen molar-refractivity contribution in [1.82, 2.24) is 4.90 Å². The Morgan fingerprint density at radius 2 is 2.11 bits per heavy atom. The molecule has 0 aliphatic rings. The van der Waals surface area contributed by atoms with Crippen LogP contribution in [-0.4, -0.2) is 35.5 Å². The van der Waals surface area contributed by atoms with Gasteiger partial charge >= 0.3 is 5.97 Å². The maximum absolute atomic E-state index is 12.2. The molecular weight excluding hydrogens is 262 g/mol. The molecule has 0 saturated carbocycles. The molecule has 0 fully saturated rings. The summed E-state index contributed by atoms with van der Waals surface area (Å²) >= 11 is 1.49. The van der Waals surface area contributed by atoms with Crippen molar-refractivity contribution in [3.63, 3.8) is 0 Å². The smallest absolute Gasteiger partial charge is 0.308 e. The molecule has 1 N–H and O–H groups in total. The highest BCUT2D eigenvalue weighted by Gasteiger charge is 2.20. The summed E-state index contributed by atoms with van der Waals surface area (Å²) in [5.41, 5.74) is 1.22. The first-order valence-corrected chi connectivity index (χ1v) is 7.26. The normalized spacial score (nSPS) is 12.2. The molecule has 0 saturated heterocycles. The number of carboxylic acid groups (broad SMARTS) is 1. The molecule has 1 heterocycles. The van der Waals surface area contributed by atoms with Crippen LogP contribution in [0.2, 0.25) is 0 Å². The Morgan fingerprint density at radius 3 is 2.63 bits per heavy atom. The number of hydrogen-bond donors (Lipinski definition) is 1. The zero-order chi connectivity index (χ0) is 14.6. The summed E-state index contributed by atoms with van der Waals surface area (Å²) in [7, 11) is 1.65. The van der Waals surface area contributed by atoms with Crippen molar-refractivity contribution < 1.29 is 14.7 Å². The second kappa shape index (κ2) is 6.70. The van der Waals surface area contributed by atoms with E-state index in [1.807, 2.05) is 13.0 Å². The minimum Gasteiger partial charge on any atom is -0.481 e. The fraction of sp³-hybridized carbons (Fsp3) is 0.571. The lowest BCUT2D eigenvalue weighted by molar-refractivity contribution is -0.141. The number of carbonyl (C=O) groups excluding carboxylic acids is 1. The molecule has 1 unspecified atom stereocenters. The molecule has 0 radical (unpaired) electrons. The van der Waals surface area contributed by atoms with Crippen molar-refractivity contribution in [2.45, 2.75) is 33.6 Å². The van der Waals surface area contributed by atoms with Gasteiger partial charge in [-0.05, 0) is 25.0 Å². The zero-order valence-corrected chi connectivity index (χ0v) is 12.7. The number of aliphatic carboxylic acids is 1. The molecular formula is C14H21NO3S. The molecule has 1 aromatic rings. The van der Waals surface area contributed by atoms with Crippen LogP contribution in [0.5, 0.6) is 0 Å². The Bertz CT molecular complexity index is 467. The van der Waals surface area contributed by atoms with Crippen LogP contribution in [0.15, 0.2) is 6.07 Å². The van der Waals surface area contributed by atoms with Crippen molar-refractivity contribution in [3.05, 3.63) is 21.4 Å². The molecule has 0 aromatic carbocycles. The molecule has 4 nitrogen and oxygen atoms in total. The van der Waals surface area contributed by atoms with Crippen LogP contribution in [0.3, 0.4) is 0 Å². The van der Waals surface area contributed by atoms with Crippen molar-refractivity contribution >= 4 is 23.2 Å². The molecule has 0 spiro atoms. The van der Waals surface area contributed by atoms with E-state index in [1.165, 1.54) is 26.7 Å². The summed E-state index contributed by atoms with van der Waals surface area (Å²) in [4.78, 5) is 26.4. The average molecular weight is 283 g/mol. The number of rotatable bonds is 6. The third kappa shape index (κ3) is 4.06. The van der Waals surface area contributed by atoms with E-state index in [-0.39, 0.29) is 12.5 Å². The summed E-state index contributed by atoms with van der Waals surface area (Å²) in [6, 6.07) is 1.94. The second-order valence-corrected chi connectivity index (χ2v) is 6.12. The standard InChI is InChI=1S/C14H21NO3S/c1-5-6-11-7-12(19-10(11)3)13(16)15(4)8-9(2)14(17)18/h7,9H,5-6,8H2,1-4H3,(H,17,18). The molecule has 0 aliphatic carbocycles. The van der Waals surface area contributed by atoms with E-state index in [2.05, 4.69) is 6.92 Å². The number of thiophene rings is 1. The molecule has 5 heteroatoms. The van der Waals surface area contributed by atoms with Gasteiger partial charge in [-0.25, -0.2) is 0 Å². The minimum atomic E-state index is -0.881. The Hall–Kier alpha value is -1.36. The molecule has 0 aliphatic heterocycles. The number of amides is 1. The third-order valence-corrected chi connectivity index (χ3v) is 4.15. The summed E-state index contributed by atoms with van der Waals surface area (Å²) in [5.74, 6) is -1.53. The fourth-order valence-corrected chi connectivity index (χ4v) is 2.97. The van der Waals surface area contributed by atoms with Gasteiger partial charge in [0, 0.05) is 18.5 Å². The molecule has 1 atom stereocenters. The fourth-order valence-electron chi connectivity index (χ4n) is 1.90. The third-order valence-electron chi connectivity index (χ3n) is 3.07. The van der Waals surface area contributed by atoms with Crippen molar-refractivity contribution in [2.24, 2.45) is 5.92 Å². The zero-order valence-electron chi connectivity index (χ0n) is 11.9. The highest BCUT2D eigenvalue weighted by molar-refractivity contribution is 7.14. The van der Waals surface area contributed by atoms with Gasteiger partial charge in [0.05, 0.1) is 10.8 Å². The van der Waals surface area contributed by atoms with Crippen molar-refractivity contribution in [2.75, 3.05) is 13.6 Å². The topological polar surface area (TPSA) is 57.6 Å². The summed E-state index contributed by atoms with van der Waals surface area (Å²) in [5, 5.41) is 8.87. The predicted molar refractivity (Wildman–Crippen MR) is 76.8 cm³/mol. The first kappa shape index (κ1) is 15.7. The van der Waals surface area contributed by atoms with E-state index in [4.69, 9.17) is 5.11 Å². The first-order valence-electron chi connectivity index (χ1n) is 6.44.